The summed E-state index contributed by atoms with van der Waals surface area (Å²) in [6, 6.07) is 11.8. The lowest BCUT2D eigenvalue weighted by molar-refractivity contribution is -0.136. The minimum atomic E-state index is -0.861. The van der Waals surface area contributed by atoms with E-state index in [4.69, 9.17) is 5.11 Å². The van der Waals surface area contributed by atoms with E-state index in [-0.39, 0.29) is 6.42 Å². The van der Waals surface area contributed by atoms with E-state index < -0.39 is 5.97 Å². The lowest BCUT2D eigenvalue weighted by atomic mass is 10.1. The number of rotatable bonds is 3. The van der Waals surface area contributed by atoms with Crippen LogP contribution >= 0.6 is 0 Å². The number of hydrogen-bond acceptors (Lipinski definition) is 2. The van der Waals surface area contributed by atoms with Crippen molar-refractivity contribution in [2.45, 2.75) is 13.3 Å². The van der Waals surface area contributed by atoms with Gasteiger partial charge < -0.3 is 5.11 Å². The van der Waals surface area contributed by atoms with Crippen molar-refractivity contribution in [3.63, 3.8) is 0 Å². The van der Waals surface area contributed by atoms with E-state index in [2.05, 4.69) is 4.98 Å². The molecule has 1 heterocycles. The first kappa shape index (κ1) is 11.3. The van der Waals surface area contributed by atoms with E-state index in [1.165, 1.54) is 5.56 Å². The number of pyridine rings is 1. The van der Waals surface area contributed by atoms with Crippen LogP contribution in [0.2, 0.25) is 0 Å². The van der Waals surface area contributed by atoms with E-state index in [0.29, 0.717) is 5.69 Å². The Labute approximate surface area is 99.8 Å². The minimum Gasteiger partial charge on any atom is -0.481 e. The van der Waals surface area contributed by atoms with Gasteiger partial charge in [-0.3, -0.25) is 9.78 Å². The number of aliphatic carboxylic acids is 1. The third-order valence-corrected chi connectivity index (χ3v) is 2.54. The van der Waals surface area contributed by atoms with E-state index in [1.807, 2.05) is 37.3 Å². The Balaban J connectivity index is 2.23. The molecule has 2 rings (SSSR count). The Kier molecular flexibility index (Phi) is 3.19. The third kappa shape index (κ3) is 2.91. The Morgan fingerprint density at radius 3 is 2.29 bits per heavy atom. The summed E-state index contributed by atoms with van der Waals surface area (Å²) in [5, 5.41) is 8.64. The molecule has 0 saturated heterocycles. The van der Waals surface area contributed by atoms with Crippen LogP contribution in [0.3, 0.4) is 0 Å². The van der Waals surface area contributed by atoms with Crippen LogP contribution in [0.5, 0.6) is 0 Å². The SMILES string of the molecule is Cc1ccc(-c2ccc(CC(=O)O)nc2)cc1. The molecule has 0 aliphatic rings. The molecule has 1 N–H and O–H groups in total. The first-order chi connectivity index (χ1) is 8.15. The molecule has 3 nitrogen and oxygen atoms in total. The zero-order chi connectivity index (χ0) is 12.3. The Hall–Kier alpha value is -2.16. The first-order valence-electron chi connectivity index (χ1n) is 5.39. The van der Waals surface area contributed by atoms with E-state index in [0.717, 1.165) is 11.1 Å². The first-order valence-corrected chi connectivity index (χ1v) is 5.39. The third-order valence-electron chi connectivity index (χ3n) is 2.54. The summed E-state index contributed by atoms with van der Waals surface area (Å²) in [7, 11) is 0. The van der Waals surface area contributed by atoms with Gasteiger partial charge in [0.15, 0.2) is 0 Å². The van der Waals surface area contributed by atoms with Crippen molar-refractivity contribution in [2.75, 3.05) is 0 Å². The van der Waals surface area contributed by atoms with Gasteiger partial charge >= 0.3 is 5.97 Å². The highest BCUT2D eigenvalue weighted by Crippen LogP contribution is 2.18. The highest BCUT2D eigenvalue weighted by molar-refractivity contribution is 5.70. The van der Waals surface area contributed by atoms with Crippen LogP contribution < -0.4 is 0 Å². The predicted molar refractivity (Wildman–Crippen MR) is 65.7 cm³/mol. The Morgan fingerprint density at radius 2 is 1.76 bits per heavy atom. The van der Waals surface area contributed by atoms with Crippen molar-refractivity contribution in [1.82, 2.24) is 4.98 Å². The summed E-state index contributed by atoms with van der Waals surface area (Å²) < 4.78 is 0. The number of aromatic nitrogens is 1. The standard InChI is InChI=1S/C14H13NO2/c1-10-2-4-11(5-3-10)12-6-7-13(15-9-12)8-14(16)17/h2-7,9H,8H2,1H3,(H,16,17). The second-order valence-corrected chi connectivity index (χ2v) is 3.97. The molecule has 0 aliphatic carbocycles. The van der Waals surface area contributed by atoms with Crippen LogP contribution in [0.1, 0.15) is 11.3 Å². The second-order valence-electron chi connectivity index (χ2n) is 3.97. The maximum atomic E-state index is 10.5. The molecule has 2 aromatic rings. The molecule has 3 heteroatoms. The maximum absolute atomic E-state index is 10.5. The molecule has 0 bridgehead atoms. The number of benzene rings is 1. The molecule has 17 heavy (non-hydrogen) atoms. The van der Waals surface area contributed by atoms with Crippen LogP contribution in [0.4, 0.5) is 0 Å². The van der Waals surface area contributed by atoms with Crippen molar-refractivity contribution in [3.05, 3.63) is 53.9 Å². The van der Waals surface area contributed by atoms with E-state index in [9.17, 15) is 4.79 Å². The summed E-state index contributed by atoms with van der Waals surface area (Å²) in [5.41, 5.74) is 3.88. The number of carbonyl (C=O) groups is 1. The number of carboxylic acid groups (broad SMARTS) is 1. The maximum Gasteiger partial charge on any atom is 0.309 e. The summed E-state index contributed by atoms with van der Waals surface area (Å²) in [6.45, 7) is 2.04. The predicted octanol–water partition coefficient (Wildman–Crippen LogP) is 2.68. The largest absolute Gasteiger partial charge is 0.481 e. The average molecular weight is 227 g/mol. The number of hydrogen-bond donors (Lipinski definition) is 1. The molecular formula is C14H13NO2. The molecule has 0 spiro atoms. The zero-order valence-corrected chi connectivity index (χ0v) is 9.55. The van der Waals surface area contributed by atoms with Crippen LogP contribution in [-0.2, 0) is 11.2 Å². The monoisotopic (exact) mass is 227 g/mol. The molecule has 0 atom stereocenters. The summed E-state index contributed by atoms with van der Waals surface area (Å²) in [4.78, 5) is 14.7. The lowest BCUT2D eigenvalue weighted by Gasteiger charge is -2.03. The fourth-order valence-corrected chi connectivity index (χ4v) is 1.60. The van der Waals surface area contributed by atoms with Gasteiger partial charge in [0.25, 0.3) is 0 Å². The molecule has 0 saturated carbocycles. The van der Waals surface area contributed by atoms with E-state index in [1.54, 1.807) is 12.3 Å². The van der Waals surface area contributed by atoms with Crippen molar-refractivity contribution in [2.24, 2.45) is 0 Å². The molecular weight excluding hydrogens is 214 g/mol. The fraction of sp³-hybridized carbons (Fsp3) is 0.143. The van der Waals surface area contributed by atoms with Crippen LogP contribution in [0, 0.1) is 6.92 Å². The summed E-state index contributed by atoms with van der Waals surface area (Å²) >= 11 is 0. The molecule has 0 aliphatic heterocycles. The topological polar surface area (TPSA) is 50.2 Å². The number of nitrogens with zero attached hydrogens (tertiary/aromatic N) is 1. The van der Waals surface area contributed by atoms with E-state index >= 15 is 0 Å². The van der Waals surface area contributed by atoms with Crippen molar-refractivity contribution in [1.29, 1.82) is 0 Å². The van der Waals surface area contributed by atoms with Crippen LogP contribution in [0.25, 0.3) is 11.1 Å². The van der Waals surface area contributed by atoms with Gasteiger partial charge in [0.05, 0.1) is 12.1 Å². The van der Waals surface area contributed by atoms with Crippen molar-refractivity contribution in [3.8, 4) is 11.1 Å². The van der Waals surface area contributed by atoms with Gasteiger partial charge in [-0.25, -0.2) is 0 Å². The minimum absolute atomic E-state index is 0.0336. The Bertz CT molecular complexity index is 515. The van der Waals surface area contributed by atoms with Gasteiger partial charge in [0.1, 0.15) is 0 Å². The van der Waals surface area contributed by atoms with Gasteiger partial charge in [-0.2, -0.15) is 0 Å². The average Bonchev–Trinajstić information content (AvgIpc) is 2.30. The van der Waals surface area contributed by atoms with Gasteiger partial charge in [-0.1, -0.05) is 35.9 Å². The smallest absolute Gasteiger partial charge is 0.309 e. The van der Waals surface area contributed by atoms with Gasteiger partial charge in [0, 0.05) is 11.8 Å². The normalized spacial score (nSPS) is 10.2. The molecule has 0 radical (unpaired) electrons. The molecule has 86 valence electrons. The van der Waals surface area contributed by atoms with Crippen LogP contribution in [0.15, 0.2) is 42.6 Å². The Morgan fingerprint density at radius 1 is 1.12 bits per heavy atom. The molecule has 0 unspecified atom stereocenters. The molecule has 1 aromatic carbocycles. The number of aryl methyl sites for hydroxylation is 1. The van der Waals surface area contributed by atoms with Crippen LogP contribution in [-0.4, -0.2) is 16.1 Å². The fourth-order valence-electron chi connectivity index (χ4n) is 1.60. The van der Waals surface area contributed by atoms with Crippen molar-refractivity contribution >= 4 is 5.97 Å². The van der Waals surface area contributed by atoms with Gasteiger partial charge in [-0.15, -0.1) is 0 Å². The molecule has 1 aromatic heterocycles. The lowest BCUT2D eigenvalue weighted by Crippen LogP contribution is -2.01. The quantitative estimate of drug-likeness (QED) is 0.877. The van der Waals surface area contributed by atoms with Crippen molar-refractivity contribution < 1.29 is 9.90 Å². The zero-order valence-electron chi connectivity index (χ0n) is 9.55. The molecule has 0 amide bonds. The number of carboxylic acids is 1. The van der Waals surface area contributed by atoms with Gasteiger partial charge in [-0.05, 0) is 18.6 Å². The summed E-state index contributed by atoms with van der Waals surface area (Å²) in [5.74, 6) is -0.861. The second kappa shape index (κ2) is 4.78. The van der Waals surface area contributed by atoms with Gasteiger partial charge in [0.2, 0.25) is 0 Å². The highest BCUT2D eigenvalue weighted by Gasteiger charge is 2.02. The summed E-state index contributed by atoms with van der Waals surface area (Å²) in [6.07, 6.45) is 1.68. The molecule has 0 fully saturated rings. The highest BCUT2D eigenvalue weighted by atomic mass is 16.4.